The van der Waals surface area contributed by atoms with Crippen molar-refractivity contribution < 1.29 is 43.1 Å². The van der Waals surface area contributed by atoms with E-state index in [1.807, 2.05) is 0 Å². The van der Waals surface area contributed by atoms with Crippen LogP contribution in [0.3, 0.4) is 0 Å². The Labute approximate surface area is 258 Å². The summed E-state index contributed by atoms with van der Waals surface area (Å²) in [6, 6.07) is 6.39. The van der Waals surface area contributed by atoms with Crippen LogP contribution < -0.4 is 5.73 Å². The van der Waals surface area contributed by atoms with Crippen molar-refractivity contribution in [1.29, 1.82) is 0 Å². The monoisotopic (exact) mass is 614 g/mol. The van der Waals surface area contributed by atoms with Crippen molar-refractivity contribution in [2.24, 2.45) is 34.5 Å². The van der Waals surface area contributed by atoms with Gasteiger partial charge in [-0.15, -0.1) is 0 Å². The first-order chi connectivity index (χ1) is 21.1. The quantitative estimate of drug-likeness (QED) is 0.309. The molecule has 1 saturated heterocycles. The molecule has 7 bridgehead atoms. The van der Waals surface area contributed by atoms with Gasteiger partial charge in [0.05, 0.1) is 36.5 Å². The number of carbonyl (C=O) groups excluding carboxylic acids is 2. The summed E-state index contributed by atoms with van der Waals surface area (Å²) in [6.45, 7) is 3.35. The number of Topliss-reactive ketones (excluding diaryl/α,β-unsaturated/α-hetero) is 1. The molecule has 5 aliphatic carbocycles. The summed E-state index contributed by atoms with van der Waals surface area (Å²) in [5, 5.41) is 13.6. The van der Waals surface area contributed by atoms with Crippen molar-refractivity contribution >= 4 is 17.4 Å². The number of carbonyl (C=O) groups is 2. The first kappa shape index (κ1) is 30.5. The van der Waals surface area contributed by atoms with E-state index in [1.165, 1.54) is 7.11 Å². The Balaban J connectivity index is 1.45. The fourth-order valence-electron chi connectivity index (χ4n) is 12.2. The number of ketones is 1. The normalized spacial score (nSPS) is 48.4. The third-order valence-corrected chi connectivity index (χ3v) is 13.1. The summed E-state index contributed by atoms with van der Waals surface area (Å²) in [4.78, 5) is 30.5. The van der Waals surface area contributed by atoms with Gasteiger partial charge in [0.25, 0.3) is 0 Å². The summed E-state index contributed by atoms with van der Waals surface area (Å²) in [5.41, 5.74) is 2.17. The first-order valence-corrected chi connectivity index (χ1v) is 15.8. The van der Waals surface area contributed by atoms with E-state index in [0.29, 0.717) is 43.6 Å². The van der Waals surface area contributed by atoms with E-state index in [0.717, 1.165) is 0 Å². The van der Waals surface area contributed by atoms with Crippen molar-refractivity contribution in [3.63, 3.8) is 0 Å². The summed E-state index contributed by atoms with van der Waals surface area (Å²) in [5.74, 6) is -1.79. The molecule has 242 valence electrons. The predicted octanol–water partition coefficient (Wildman–Crippen LogP) is 1.55. The molecule has 13 atom stereocenters. The molecule has 11 unspecified atom stereocenters. The Morgan fingerprint density at radius 2 is 1.84 bits per heavy atom. The minimum Gasteiger partial charge on any atom is -0.461 e. The maximum absolute atomic E-state index is 14.8. The highest BCUT2D eigenvalue weighted by atomic mass is 16.6. The number of hydrogen-bond donors (Lipinski definition) is 2. The van der Waals surface area contributed by atoms with Crippen LogP contribution in [0.2, 0.25) is 0 Å². The summed E-state index contributed by atoms with van der Waals surface area (Å²) < 4.78 is 37.5. The van der Waals surface area contributed by atoms with Crippen LogP contribution in [-0.2, 0) is 33.2 Å². The number of likely N-dealkylation sites (N-methyl/N-ethyl adjacent to an activating group) is 1. The smallest absolute Gasteiger partial charge is 0.340 e. The molecule has 11 nitrogen and oxygen atoms in total. The van der Waals surface area contributed by atoms with E-state index < -0.39 is 52.2 Å². The second-order valence-electron chi connectivity index (χ2n) is 13.9. The van der Waals surface area contributed by atoms with Crippen molar-refractivity contribution in [3.8, 4) is 0 Å². The summed E-state index contributed by atoms with van der Waals surface area (Å²) in [7, 11) is 8.08. The number of fused-ring (bicyclic) bond motifs is 2. The van der Waals surface area contributed by atoms with Gasteiger partial charge >= 0.3 is 5.97 Å². The number of anilines is 1. The number of methoxy groups -OCH3 is 5. The van der Waals surface area contributed by atoms with Gasteiger partial charge in [-0.3, -0.25) is 9.69 Å². The highest BCUT2D eigenvalue weighted by Gasteiger charge is 2.93. The Bertz CT molecular complexity index is 1340. The van der Waals surface area contributed by atoms with Gasteiger partial charge in [-0.2, -0.15) is 0 Å². The number of nitrogens with two attached hydrogens (primary N) is 1. The number of benzene rings is 1. The minimum absolute atomic E-state index is 0.114. The van der Waals surface area contributed by atoms with Crippen LogP contribution in [0, 0.1) is 34.5 Å². The molecular formula is C33H46N2O9. The average Bonchev–Trinajstić information content (AvgIpc) is 3.43. The van der Waals surface area contributed by atoms with Gasteiger partial charge in [-0.1, -0.05) is 19.1 Å². The Morgan fingerprint density at radius 3 is 2.45 bits per heavy atom. The number of rotatable bonds is 9. The van der Waals surface area contributed by atoms with Crippen LogP contribution in [0.15, 0.2) is 24.3 Å². The molecule has 7 rings (SSSR count). The fraction of sp³-hybridized carbons (Fsp3) is 0.758. The second kappa shape index (κ2) is 10.2. The number of nitrogens with zero attached hydrogens (tertiary/aromatic N) is 1. The lowest BCUT2D eigenvalue weighted by atomic mass is 9.42. The molecule has 1 aromatic carbocycles. The average molecular weight is 615 g/mol. The molecule has 0 amide bonds. The molecule has 0 radical (unpaired) electrons. The second-order valence-corrected chi connectivity index (χ2v) is 13.9. The predicted molar refractivity (Wildman–Crippen MR) is 158 cm³/mol. The molecule has 1 aliphatic heterocycles. The fourth-order valence-corrected chi connectivity index (χ4v) is 12.2. The molecule has 1 heterocycles. The molecule has 44 heavy (non-hydrogen) atoms. The Morgan fingerprint density at radius 1 is 1.09 bits per heavy atom. The third-order valence-electron chi connectivity index (χ3n) is 13.1. The third kappa shape index (κ3) is 3.17. The van der Waals surface area contributed by atoms with Gasteiger partial charge in [0.1, 0.15) is 11.7 Å². The number of para-hydroxylation sites is 1. The number of hydrogen-bond acceptors (Lipinski definition) is 11. The molecular weight excluding hydrogens is 568 g/mol. The molecule has 11 heteroatoms. The lowest BCUT2D eigenvalue weighted by Crippen LogP contribution is -2.84. The highest BCUT2D eigenvalue weighted by Crippen LogP contribution is 2.80. The van der Waals surface area contributed by atoms with Gasteiger partial charge in [0, 0.05) is 76.4 Å². The summed E-state index contributed by atoms with van der Waals surface area (Å²) in [6.07, 6.45) is -0.149. The lowest BCUT2D eigenvalue weighted by Gasteiger charge is -2.70. The van der Waals surface area contributed by atoms with Gasteiger partial charge in [-0.05, 0) is 43.9 Å². The topological polar surface area (TPSA) is 139 Å². The number of nitrogen functional groups attached to an aromatic ring is 1. The molecule has 1 aromatic rings. The highest BCUT2D eigenvalue weighted by molar-refractivity contribution is 5.96. The van der Waals surface area contributed by atoms with Gasteiger partial charge < -0.3 is 39.3 Å². The van der Waals surface area contributed by atoms with Crippen LogP contribution in [0.5, 0.6) is 0 Å². The first-order valence-electron chi connectivity index (χ1n) is 15.8. The van der Waals surface area contributed by atoms with E-state index in [4.69, 9.17) is 34.2 Å². The zero-order valence-electron chi connectivity index (χ0n) is 26.5. The number of piperidine rings is 1. The maximum atomic E-state index is 14.8. The zero-order valence-corrected chi connectivity index (χ0v) is 26.5. The van der Waals surface area contributed by atoms with Gasteiger partial charge in [0.2, 0.25) is 0 Å². The van der Waals surface area contributed by atoms with Crippen LogP contribution in [0.1, 0.15) is 36.5 Å². The number of esters is 1. The largest absolute Gasteiger partial charge is 0.461 e. The standard InChI is InChI=1S/C33H46N2O9/c1-7-35-15-30(16-44-28(37)17-10-8-9-11-20(17)34)13-12-21(39-2)31-19-14-18-23(40-3)22(19)33(43-6,26(36)24(18)41-4)32(38,29(31)35)27(42-5)25(30)31/h8-11,18-19,21-25,27,29,38H,7,12-16,34H2,1-6H3/t18?,19?,21?,22?,23?,24?,25?,27?,29-,30+,31?,32?,33?/m1/s1. The van der Waals surface area contributed by atoms with Crippen molar-refractivity contribution in [3.05, 3.63) is 29.8 Å². The number of likely N-dealkylation sites (tertiary alicyclic amines) is 1. The van der Waals surface area contributed by atoms with E-state index in [1.54, 1.807) is 52.7 Å². The SMILES string of the molecule is CCN1C[C@]2(COC(=O)c3ccccc3N)CCC(OC)C34C5CC6C(OC)C(=O)C(OC)(C5C6OC)C(O)(C(OC)C32)[C@H]14. The van der Waals surface area contributed by atoms with Crippen LogP contribution >= 0.6 is 0 Å². The Hall–Kier alpha value is -2.12. The van der Waals surface area contributed by atoms with Crippen LogP contribution in [0.4, 0.5) is 5.69 Å². The molecule has 1 spiro atoms. The van der Waals surface area contributed by atoms with Gasteiger partial charge in [0.15, 0.2) is 11.4 Å². The van der Waals surface area contributed by atoms with E-state index >= 15 is 0 Å². The van der Waals surface area contributed by atoms with E-state index in [-0.39, 0.29) is 42.4 Å². The van der Waals surface area contributed by atoms with Crippen molar-refractivity contribution in [2.75, 3.05) is 61.0 Å². The lowest BCUT2D eigenvalue weighted by molar-refractivity contribution is -0.309. The minimum atomic E-state index is -1.77. The zero-order chi connectivity index (χ0) is 31.4. The molecule has 6 fully saturated rings. The van der Waals surface area contributed by atoms with Crippen molar-refractivity contribution in [1.82, 2.24) is 4.90 Å². The molecule has 6 aliphatic rings. The molecule has 3 N–H and O–H groups in total. The van der Waals surface area contributed by atoms with E-state index in [9.17, 15) is 14.7 Å². The number of aliphatic hydroxyl groups is 1. The van der Waals surface area contributed by atoms with Gasteiger partial charge in [-0.25, -0.2) is 4.79 Å². The van der Waals surface area contributed by atoms with Crippen LogP contribution in [0.25, 0.3) is 0 Å². The maximum Gasteiger partial charge on any atom is 0.340 e. The number of ether oxygens (including phenoxy) is 6. The molecule has 5 saturated carbocycles. The van der Waals surface area contributed by atoms with Crippen molar-refractivity contribution in [2.45, 2.75) is 67.8 Å². The summed E-state index contributed by atoms with van der Waals surface area (Å²) >= 11 is 0. The van der Waals surface area contributed by atoms with Crippen LogP contribution in [-0.4, -0.2) is 119 Å². The molecule has 0 aromatic heterocycles. The van der Waals surface area contributed by atoms with E-state index in [2.05, 4.69) is 11.8 Å². The Kier molecular flexibility index (Phi) is 7.07.